The van der Waals surface area contributed by atoms with E-state index in [9.17, 15) is 4.79 Å². The van der Waals surface area contributed by atoms with E-state index in [0.717, 1.165) is 12.8 Å². The quantitative estimate of drug-likeness (QED) is 0.673. The minimum Gasteiger partial charge on any atom is -0.486 e. The van der Waals surface area contributed by atoms with E-state index in [1.165, 1.54) is 11.8 Å². The number of thioether (sulfide) groups is 1. The van der Waals surface area contributed by atoms with Gasteiger partial charge in [-0.05, 0) is 37.6 Å². The van der Waals surface area contributed by atoms with Crippen molar-refractivity contribution in [1.82, 2.24) is 20.1 Å². The van der Waals surface area contributed by atoms with E-state index < -0.39 is 0 Å². The number of aromatic nitrogens is 3. The smallest absolute Gasteiger partial charge is 0.230 e. The summed E-state index contributed by atoms with van der Waals surface area (Å²) in [5.41, 5.74) is 0. The van der Waals surface area contributed by atoms with Gasteiger partial charge in [0.2, 0.25) is 5.91 Å². The maximum absolute atomic E-state index is 11.9. The molecule has 0 spiro atoms. The lowest BCUT2D eigenvalue weighted by atomic mass is 10.2. The van der Waals surface area contributed by atoms with Gasteiger partial charge in [-0.2, -0.15) is 0 Å². The van der Waals surface area contributed by atoms with Crippen LogP contribution in [0.15, 0.2) is 29.4 Å². The lowest BCUT2D eigenvalue weighted by molar-refractivity contribution is -0.119. The molecule has 136 valence electrons. The zero-order valence-electron chi connectivity index (χ0n) is 14.7. The van der Waals surface area contributed by atoms with Gasteiger partial charge in [-0.3, -0.25) is 4.79 Å². The number of hydrogen-bond donors (Lipinski definition) is 1. The molecule has 0 fully saturated rings. The molecule has 8 heteroatoms. The Morgan fingerprint density at radius 2 is 2.08 bits per heavy atom. The molecule has 1 aromatic heterocycles. The maximum Gasteiger partial charge on any atom is 0.230 e. The van der Waals surface area contributed by atoms with Gasteiger partial charge >= 0.3 is 0 Å². The number of hydrogen-bond acceptors (Lipinski definition) is 5. The molecule has 6 nitrogen and oxygen atoms in total. The average Bonchev–Trinajstić information content (AvgIpc) is 2.93. The fourth-order valence-corrected chi connectivity index (χ4v) is 3.09. The lowest BCUT2D eigenvalue weighted by Gasteiger charge is -2.12. The molecule has 0 aliphatic heterocycles. The SMILES string of the molecule is CCC[C@@H](C)NC(=O)CSc1nnc(COc2ccc(Cl)cc2)n1C. The Morgan fingerprint density at radius 3 is 2.76 bits per heavy atom. The van der Waals surface area contributed by atoms with E-state index >= 15 is 0 Å². The van der Waals surface area contributed by atoms with E-state index in [4.69, 9.17) is 16.3 Å². The Hall–Kier alpha value is -1.73. The lowest BCUT2D eigenvalue weighted by Crippen LogP contribution is -2.33. The van der Waals surface area contributed by atoms with Gasteiger partial charge in [0.1, 0.15) is 12.4 Å². The predicted molar refractivity (Wildman–Crippen MR) is 100 cm³/mol. The van der Waals surface area contributed by atoms with Gasteiger partial charge in [-0.1, -0.05) is 36.7 Å². The zero-order chi connectivity index (χ0) is 18.2. The zero-order valence-corrected chi connectivity index (χ0v) is 16.2. The number of ether oxygens (including phenoxy) is 1. The molecule has 1 heterocycles. The molecular formula is C17H23ClN4O2S. The molecular weight excluding hydrogens is 360 g/mol. The summed E-state index contributed by atoms with van der Waals surface area (Å²) in [5, 5.41) is 12.6. The third-order valence-electron chi connectivity index (χ3n) is 3.57. The molecule has 0 aliphatic rings. The Bertz CT molecular complexity index is 690. The number of nitrogens with zero attached hydrogens (tertiary/aromatic N) is 3. The molecule has 2 rings (SSSR count). The Balaban J connectivity index is 1.83. The fourth-order valence-electron chi connectivity index (χ4n) is 2.23. The number of amides is 1. The maximum atomic E-state index is 11.9. The van der Waals surface area contributed by atoms with Gasteiger partial charge in [-0.15, -0.1) is 10.2 Å². The molecule has 25 heavy (non-hydrogen) atoms. The highest BCUT2D eigenvalue weighted by molar-refractivity contribution is 7.99. The molecule has 1 atom stereocenters. The van der Waals surface area contributed by atoms with E-state index in [1.54, 1.807) is 24.3 Å². The summed E-state index contributed by atoms with van der Waals surface area (Å²) in [6, 6.07) is 7.34. The first kappa shape index (κ1) is 19.6. The Kier molecular flexibility index (Phi) is 7.58. The highest BCUT2D eigenvalue weighted by atomic mass is 35.5. The molecule has 0 saturated carbocycles. The van der Waals surface area contributed by atoms with Crippen LogP contribution in [0.4, 0.5) is 0 Å². The second kappa shape index (κ2) is 9.68. The topological polar surface area (TPSA) is 69.0 Å². The average molecular weight is 383 g/mol. The molecule has 0 aliphatic carbocycles. The van der Waals surface area contributed by atoms with E-state index in [-0.39, 0.29) is 11.9 Å². The van der Waals surface area contributed by atoms with Gasteiger partial charge in [0, 0.05) is 18.1 Å². The largest absolute Gasteiger partial charge is 0.486 e. The van der Waals surface area contributed by atoms with Crippen LogP contribution in [0.5, 0.6) is 5.75 Å². The third-order valence-corrected chi connectivity index (χ3v) is 4.84. The van der Waals surface area contributed by atoms with Gasteiger partial charge in [-0.25, -0.2) is 0 Å². The number of carbonyl (C=O) groups is 1. The van der Waals surface area contributed by atoms with Crippen molar-refractivity contribution in [2.75, 3.05) is 5.75 Å². The van der Waals surface area contributed by atoms with Crippen molar-refractivity contribution in [3.05, 3.63) is 35.1 Å². The first-order chi connectivity index (χ1) is 12.0. The normalized spacial score (nSPS) is 12.0. The molecule has 0 unspecified atom stereocenters. The summed E-state index contributed by atoms with van der Waals surface area (Å²) in [6.07, 6.45) is 2.03. The van der Waals surface area contributed by atoms with Crippen molar-refractivity contribution < 1.29 is 9.53 Å². The molecule has 1 amide bonds. The van der Waals surface area contributed by atoms with E-state index in [2.05, 4.69) is 22.4 Å². The first-order valence-corrected chi connectivity index (χ1v) is 9.54. The van der Waals surface area contributed by atoms with Gasteiger partial charge < -0.3 is 14.6 Å². The van der Waals surface area contributed by atoms with Crippen LogP contribution in [0, 0.1) is 0 Å². The summed E-state index contributed by atoms with van der Waals surface area (Å²) in [6.45, 7) is 4.41. The summed E-state index contributed by atoms with van der Waals surface area (Å²) < 4.78 is 7.51. The number of benzene rings is 1. The fraction of sp³-hybridized carbons (Fsp3) is 0.471. The molecule has 0 radical (unpaired) electrons. The van der Waals surface area contributed by atoms with Crippen LogP contribution in [0.1, 0.15) is 32.5 Å². The second-order valence-corrected chi connectivity index (χ2v) is 7.13. The number of halogens is 1. The summed E-state index contributed by atoms with van der Waals surface area (Å²) >= 11 is 7.21. The third kappa shape index (κ3) is 6.25. The van der Waals surface area contributed by atoms with Crippen LogP contribution in [0.25, 0.3) is 0 Å². The van der Waals surface area contributed by atoms with Crippen LogP contribution in [-0.4, -0.2) is 32.5 Å². The standard InChI is InChI=1S/C17H23ClN4O2S/c1-4-5-12(2)19-16(23)11-25-17-21-20-15(22(17)3)10-24-14-8-6-13(18)7-9-14/h6-9,12H,4-5,10-11H2,1-3H3,(H,19,23)/t12-/m1/s1. The van der Waals surface area contributed by atoms with Gasteiger partial charge in [0.05, 0.1) is 5.75 Å². The predicted octanol–water partition coefficient (Wildman–Crippen LogP) is 3.44. The highest BCUT2D eigenvalue weighted by Gasteiger charge is 2.13. The minimum absolute atomic E-state index is 0.00733. The minimum atomic E-state index is 0.00733. The molecule has 1 N–H and O–H groups in total. The van der Waals surface area contributed by atoms with Crippen molar-refractivity contribution in [3.63, 3.8) is 0 Å². The van der Waals surface area contributed by atoms with Crippen molar-refractivity contribution >= 4 is 29.3 Å². The number of carbonyl (C=O) groups excluding carboxylic acids is 1. The van der Waals surface area contributed by atoms with E-state index in [0.29, 0.717) is 34.1 Å². The molecule has 0 saturated heterocycles. The van der Waals surface area contributed by atoms with Crippen LogP contribution < -0.4 is 10.1 Å². The summed E-state index contributed by atoms with van der Waals surface area (Å²) in [4.78, 5) is 11.9. The highest BCUT2D eigenvalue weighted by Crippen LogP contribution is 2.19. The molecule has 1 aromatic carbocycles. The Labute approximate surface area is 157 Å². The molecule has 0 bridgehead atoms. The van der Waals surface area contributed by atoms with Crippen molar-refractivity contribution in [2.24, 2.45) is 7.05 Å². The summed E-state index contributed by atoms with van der Waals surface area (Å²) in [7, 11) is 1.86. The van der Waals surface area contributed by atoms with Crippen LogP contribution in [0.2, 0.25) is 5.02 Å². The van der Waals surface area contributed by atoms with Gasteiger partial charge in [0.25, 0.3) is 0 Å². The van der Waals surface area contributed by atoms with Crippen molar-refractivity contribution in [1.29, 1.82) is 0 Å². The van der Waals surface area contributed by atoms with Crippen LogP contribution in [-0.2, 0) is 18.4 Å². The van der Waals surface area contributed by atoms with Crippen LogP contribution >= 0.6 is 23.4 Å². The Morgan fingerprint density at radius 1 is 1.36 bits per heavy atom. The number of rotatable bonds is 9. The van der Waals surface area contributed by atoms with Crippen LogP contribution in [0.3, 0.4) is 0 Å². The van der Waals surface area contributed by atoms with Gasteiger partial charge in [0.15, 0.2) is 11.0 Å². The number of nitrogens with one attached hydrogen (secondary N) is 1. The van der Waals surface area contributed by atoms with E-state index in [1.807, 2.05) is 18.5 Å². The monoisotopic (exact) mass is 382 g/mol. The second-order valence-electron chi connectivity index (χ2n) is 5.75. The molecule has 2 aromatic rings. The first-order valence-electron chi connectivity index (χ1n) is 8.18. The van der Waals surface area contributed by atoms with Crippen molar-refractivity contribution in [2.45, 2.75) is 44.5 Å². The summed E-state index contributed by atoms with van der Waals surface area (Å²) in [5.74, 6) is 1.73. The van der Waals surface area contributed by atoms with Crippen molar-refractivity contribution in [3.8, 4) is 5.75 Å².